The molecule has 0 saturated heterocycles. The number of ether oxygens (including phenoxy) is 1. The molecule has 0 radical (unpaired) electrons. The average Bonchev–Trinajstić information content (AvgIpc) is 3.34. The van der Waals surface area contributed by atoms with Crippen molar-refractivity contribution in [1.29, 1.82) is 5.26 Å². The summed E-state index contributed by atoms with van der Waals surface area (Å²) < 4.78 is 20.7. The second-order valence-electron chi connectivity index (χ2n) is 5.77. The van der Waals surface area contributed by atoms with E-state index >= 15 is 0 Å². The van der Waals surface area contributed by atoms with E-state index in [4.69, 9.17) is 21.6 Å². The molecule has 11 heteroatoms. The standard InChI is InChI=1S/C19H15ClFN5O2S2/c1-2-6-26-16(10-28-13-3-4-15(21)14(20)8-13)24-25-19(26)30-11-17(27)23-18-12(9-22)5-7-29-18/h2-5,7-8H,1,6,10-11H2,(H,23,27). The van der Waals surface area contributed by atoms with Crippen molar-refractivity contribution in [2.75, 3.05) is 11.1 Å². The molecule has 2 heterocycles. The first-order valence-corrected chi connectivity index (χ1v) is 10.8. The number of amides is 1. The van der Waals surface area contributed by atoms with Gasteiger partial charge >= 0.3 is 0 Å². The summed E-state index contributed by atoms with van der Waals surface area (Å²) in [5.41, 5.74) is 0.425. The van der Waals surface area contributed by atoms with Crippen molar-refractivity contribution >= 4 is 45.6 Å². The van der Waals surface area contributed by atoms with Crippen LogP contribution in [0.15, 0.2) is 47.5 Å². The van der Waals surface area contributed by atoms with Crippen LogP contribution in [0.25, 0.3) is 0 Å². The van der Waals surface area contributed by atoms with Crippen molar-refractivity contribution in [3.63, 3.8) is 0 Å². The Labute approximate surface area is 185 Å². The van der Waals surface area contributed by atoms with E-state index < -0.39 is 5.82 Å². The van der Waals surface area contributed by atoms with Gasteiger partial charge in [0.1, 0.15) is 29.2 Å². The number of halogens is 2. The van der Waals surface area contributed by atoms with Crippen molar-refractivity contribution in [2.45, 2.75) is 18.3 Å². The lowest BCUT2D eigenvalue weighted by molar-refractivity contribution is -0.113. The third-order valence-electron chi connectivity index (χ3n) is 3.74. The van der Waals surface area contributed by atoms with Crippen LogP contribution >= 0.6 is 34.7 Å². The van der Waals surface area contributed by atoms with Gasteiger partial charge in [-0.3, -0.25) is 9.36 Å². The lowest BCUT2D eigenvalue weighted by Crippen LogP contribution is -2.14. The summed E-state index contributed by atoms with van der Waals surface area (Å²) in [6.45, 7) is 4.23. The number of nitrogens with one attached hydrogen (secondary N) is 1. The van der Waals surface area contributed by atoms with Crippen LogP contribution in [0.2, 0.25) is 5.02 Å². The Morgan fingerprint density at radius 3 is 3.03 bits per heavy atom. The molecule has 1 aromatic carbocycles. The van der Waals surface area contributed by atoms with Crippen LogP contribution in [0.3, 0.4) is 0 Å². The second-order valence-corrected chi connectivity index (χ2v) is 8.04. The quantitative estimate of drug-likeness (QED) is 0.371. The van der Waals surface area contributed by atoms with E-state index in [2.05, 4.69) is 22.1 Å². The van der Waals surface area contributed by atoms with Gasteiger partial charge in [-0.15, -0.1) is 28.1 Å². The molecule has 0 aliphatic carbocycles. The summed E-state index contributed by atoms with van der Waals surface area (Å²) in [7, 11) is 0. The number of nitrogens with zero attached hydrogens (tertiary/aromatic N) is 4. The molecule has 1 amide bonds. The van der Waals surface area contributed by atoms with Crippen LogP contribution in [0.5, 0.6) is 5.75 Å². The molecule has 30 heavy (non-hydrogen) atoms. The number of benzene rings is 1. The number of hydrogen-bond acceptors (Lipinski definition) is 7. The molecule has 0 saturated carbocycles. The number of carbonyl (C=O) groups is 1. The van der Waals surface area contributed by atoms with Crippen molar-refractivity contribution in [2.24, 2.45) is 0 Å². The van der Waals surface area contributed by atoms with E-state index in [0.717, 1.165) is 0 Å². The van der Waals surface area contributed by atoms with Gasteiger partial charge in [-0.1, -0.05) is 29.4 Å². The molecule has 2 aromatic heterocycles. The highest BCUT2D eigenvalue weighted by atomic mass is 35.5. The van der Waals surface area contributed by atoms with Crippen LogP contribution in [0.1, 0.15) is 11.4 Å². The molecule has 0 bridgehead atoms. The van der Waals surface area contributed by atoms with E-state index in [1.807, 2.05) is 6.07 Å². The molecule has 0 unspecified atom stereocenters. The molecular formula is C19H15ClFN5O2S2. The van der Waals surface area contributed by atoms with E-state index in [1.54, 1.807) is 22.1 Å². The van der Waals surface area contributed by atoms with E-state index in [-0.39, 0.29) is 23.3 Å². The number of carbonyl (C=O) groups excluding carboxylic acids is 1. The highest BCUT2D eigenvalue weighted by molar-refractivity contribution is 7.99. The lowest BCUT2D eigenvalue weighted by atomic mass is 10.3. The summed E-state index contributed by atoms with van der Waals surface area (Å²) in [5, 5.41) is 22.7. The topological polar surface area (TPSA) is 92.8 Å². The van der Waals surface area contributed by atoms with Gasteiger partial charge in [0.2, 0.25) is 5.91 Å². The molecule has 0 aliphatic heterocycles. The van der Waals surface area contributed by atoms with Crippen LogP contribution in [0, 0.1) is 17.1 Å². The highest BCUT2D eigenvalue weighted by Crippen LogP contribution is 2.24. The smallest absolute Gasteiger partial charge is 0.235 e. The van der Waals surface area contributed by atoms with Gasteiger partial charge in [0.05, 0.1) is 16.3 Å². The van der Waals surface area contributed by atoms with Gasteiger partial charge in [0.15, 0.2) is 11.0 Å². The maximum atomic E-state index is 13.3. The minimum Gasteiger partial charge on any atom is -0.486 e. The molecule has 154 valence electrons. The van der Waals surface area contributed by atoms with Gasteiger partial charge in [0, 0.05) is 12.6 Å². The zero-order valence-corrected chi connectivity index (χ0v) is 17.9. The fraction of sp³-hybridized carbons (Fsp3) is 0.158. The first kappa shape index (κ1) is 21.8. The normalized spacial score (nSPS) is 10.4. The third-order valence-corrected chi connectivity index (χ3v) is 5.82. The number of thioether (sulfide) groups is 1. The Balaban J connectivity index is 1.63. The fourth-order valence-corrected chi connectivity index (χ4v) is 4.04. The van der Waals surface area contributed by atoms with Crippen molar-refractivity contribution in [1.82, 2.24) is 14.8 Å². The maximum absolute atomic E-state index is 13.3. The zero-order chi connectivity index (χ0) is 21.5. The zero-order valence-electron chi connectivity index (χ0n) is 15.5. The minimum atomic E-state index is -0.528. The Morgan fingerprint density at radius 1 is 1.47 bits per heavy atom. The number of hydrogen-bond donors (Lipinski definition) is 1. The largest absolute Gasteiger partial charge is 0.486 e. The number of nitriles is 1. The van der Waals surface area contributed by atoms with E-state index in [0.29, 0.717) is 33.8 Å². The monoisotopic (exact) mass is 463 g/mol. The number of aromatic nitrogens is 3. The highest BCUT2D eigenvalue weighted by Gasteiger charge is 2.15. The summed E-state index contributed by atoms with van der Waals surface area (Å²) in [5.74, 6) is 0.216. The van der Waals surface area contributed by atoms with Crippen molar-refractivity contribution < 1.29 is 13.9 Å². The maximum Gasteiger partial charge on any atom is 0.235 e. The Bertz CT molecular complexity index is 1110. The molecule has 0 aliphatic rings. The summed E-state index contributed by atoms with van der Waals surface area (Å²) in [6, 6.07) is 7.74. The van der Waals surface area contributed by atoms with Gasteiger partial charge in [-0.2, -0.15) is 5.26 Å². The molecule has 1 N–H and O–H groups in total. The second kappa shape index (κ2) is 10.2. The lowest BCUT2D eigenvalue weighted by Gasteiger charge is -2.09. The van der Waals surface area contributed by atoms with Crippen LogP contribution in [-0.2, 0) is 17.9 Å². The number of thiophene rings is 1. The molecule has 3 aromatic rings. The molecule has 0 atom stereocenters. The predicted molar refractivity (Wildman–Crippen MR) is 114 cm³/mol. The third kappa shape index (κ3) is 5.38. The van der Waals surface area contributed by atoms with Gasteiger partial charge in [-0.05, 0) is 23.6 Å². The van der Waals surface area contributed by atoms with Crippen molar-refractivity contribution in [3.8, 4) is 11.8 Å². The molecular weight excluding hydrogens is 449 g/mol. The van der Waals surface area contributed by atoms with Crippen LogP contribution in [-0.4, -0.2) is 26.4 Å². The van der Waals surface area contributed by atoms with E-state index in [1.165, 1.54) is 41.3 Å². The van der Waals surface area contributed by atoms with Crippen LogP contribution < -0.4 is 10.1 Å². The fourth-order valence-electron chi connectivity index (χ4n) is 2.35. The number of allylic oxidation sites excluding steroid dienone is 1. The Hall–Kier alpha value is -2.87. The van der Waals surface area contributed by atoms with Gasteiger partial charge in [0.25, 0.3) is 0 Å². The minimum absolute atomic E-state index is 0.0346. The Kier molecular flexibility index (Phi) is 7.46. The molecule has 0 fully saturated rings. The van der Waals surface area contributed by atoms with Crippen LogP contribution in [0.4, 0.5) is 9.39 Å². The average molecular weight is 464 g/mol. The number of anilines is 1. The summed E-state index contributed by atoms with van der Waals surface area (Å²) in [4.78, 5) is 12.2. The predicted octanol–water partition coefficient (Wildman–Crippen LogP) is 4.50. The van der Waals surface area contributed by atoms with Gasteiger partial charge < -0.3 is 10.1 Å². The SMILES string of the molecule is C=CCn1c(COc2ccc(F)c(Cl)c2)nnc1SCC(=O)Nc1sccc1C#N. The number of rotatable bonds is 9. The first-order valence-electron chi connectivity index (χ1n) is 8.53. The van der Waals surface area contributed by atoms with Gasteiger partial charge in [-0.25, -0.2) is 4.39 Å². The van der Waals surface area contributed by atoms with E-state index in [9.17, 15) is 9.18 Å². The molecule has 3 rings (SSSR count). The molecule has 7 nitrogen and oxygen atoms in total. The molecule has 0 spiro atoms. The summed E-state index contributed by atoms with van der Waals surface area (Å²) >= 11 is 8.25. The van der Waals surface area contributed by atoms with Crippen molar-refractivity contribution in [3.05, 3.63) is 64.5 Å². The summed E-state index contributed by atoms with van der Waals surface area (Å²) in [6.07, 6.45) is 1.68. The Morgan fingerprint density at radius 2 is 2.30 bits per heavy atom. The first-order chi connectivity index (χ1) is 14.5.